The maximum absolute atomic E-state index is 12.5. The molecule has 1 aromatic carbocycles. The van der Waals surface area contributed by atoms with Gasteiger partial charge in [0.25, 0.3) is 0 Å². The van der Waals surface area contributed by atoms with Crippen molar-refractivity contribution in [3.05, 3.63) is 39.0 Å². The van der Waals surface area contributed by atoms with Crippen LogP contribution >= 0.6 is 22.9 Å². The lowest BCUT2D eigenvalue weighted by molar-refractivity contribution is -0.117. The molecule has 1 amide bonds. The monoisotopic (exact) mass is 394 g/mol. The van der Waals surface area contributed by atoms with E-state index in [2.05, 4.69) is 5.32 Å². The number of benzene rings is 1. The van der Waals surface area contributed by atoms with E-state index in [1.54, 1.807) is 12.1 Å². The number of nitrogens with one attached hydrogen (secondary N) is 1. The molecule has 0 bridgehead atoms. The van der Waals surface area contributed by atoms with Crippen LogP contribution in [0.4, 0.5) is 5.69 Å². The zero-order valence-corrected chi connectivity index (χ0v) is 16.1. The number of rotatable bonds is 7. The Kier molecular flexibility index (Phi) is 5.80. The van der Waals surface area contributed by atoms with Gasteiger partial charge in [0.2, 0.25) is 12.7 Å². The van der Waals surface area contributed by atoms with Gasteiger partial charge in [-0.3, -0.25) is 14.5 Å². The highest BCUT2D eigenvalue weighted by atomic mass is 35.5. The van der Waals surface area contributed by atoms with Crippen molar-refractivity contribution < 1.29 is 19.1 Å². The quantitative estimate of drug-likeness (QED) is 0.723. The fourth-order valence-corrected chi connectivity index (χ4v) is 3.80. The van der Waals surface area contributed by atoms with Crippen LogP contribution in [-0.4, -0.2) is 36.5 Å². The number of thiophene rings is 1. The van der Waals surface area contributed by atoms with Crippen molar-refractivity contribution in [1.29, 1.82) is 0 Å². The first-order valence-electron chi connectivity index (χ1n) is 8.17. The van der Waals surface area contributed by atoms with Crippen LogP contribution in [0, 0.1) is 0 Å². The lowest BCUT2D eigenvalue weighted by Gasteiger charge is -2.19. The Hall–Kier alpha value is -2.09. The molecule has 6 nitrogen and oxygen atoms in total. The van der Waals surface area contributed by atoms with Crippen molar-refractivity contribution in [3.63, 3.8) is 0 Å². The third kappa shape index (κ3) is 4.35. The maximum atomic E-state index is 12.5. The van der Waals surface area contributed by atoms with Crippen LogP contribution in [0.25, 0.3) is 0 Å². The Morgan fingerprint density at radius 1 is 1.27 bits per heavy atom. The number of fused-ring (bicyclic) bond motifs is 1. The number of hydrogen-bond acceptors (Lipinski definition) is 6. The van der Waals surface area contributed by atoms with Gasteiger partial charge in [0.15, 0.2) is 17.3 Å². The Bertz CT molecular complexity index is 837. The SMILES string of the molecule is CCN(CC(=O)Nc1cc2c(cc1C(C)=O)OCO2)Cc1ccc(Cl)s1. The molecule has 26 heavy (non-hydrogen) atoms. The van der Waals surface area contributed by atoms with Crippen LogP contribution in [0.15, 0.2) is 24.3 Å². The van der Waals surface area contributed by atoms with Gasteiger partial charge in [-0.05, 0) is 31.7 Å². The molecule has 0 saturated carbocycles. The van der Waals surface area contributed by atoms with Crippen LogP contribution in [0.5, 0.6) is 11.5 Å². The van der Waals surface area contributed by atoms with Gasteiger partial charge in [-0.15, -0.1) is 11.3 Å². The molecule has 2 heterocycles. The number of nitrogens with zero attached hydrogens (tertiary/aromatic N) is 1. The molecule has 0 saturated heterocycles. The molecule has 1 aromatic heterocycles. The molecule has 1 aliphatic rings. The number of Topliss-reactive ketones (excluding diaryl/α,β-unsaturated/α-hetero) is 1. The molecule has 8 heteroatoms. The van der Waals surface area contributed by atoms with E-state index in [0.29, 0.717) is 35.8 Å². The molecule has 1 aliphatic heterocycles. The van der Waals surface area contributed by atoms with E-state index < -0.39 is 0 Å². The van der Waals surface area contributed by atoms with Crippen molar-refractivity contribution in [3.8, 4) is 11.5 Å². The van der Waals surface area contributed by atoms with Crippen LogP contribution in [0.3, 0.4) is 0 Å². The second kappa shape index (κ2) is 8.07. The number of anilines is 1. The number of ketones is 1. The number of carbonyl (C=O) groups is 2. The standard InChI is InChI=1S/C18H19ClN2O4S/c1-3-21(8-12-4-5-17(19)26-12)9-18(23)20-14-7-16-15(24-10-25-16)6-13(14)11(2)22/h4-7H,3,8-10H2,1-2H3,(H,20,23). The van der Waals surface area contributed by atoms with E-state index >= 15 is 0 Å². The average molecular weight is 395 g/mol. The van der Waals surface area contributed by atoms with E-state index in [1.807, 2.05) is 24.0 Å². The normalized spacial score (nSPS) is 12.5. The van der Waals surface area contributed by atoms with Gasteiger partial charge in [-0.1, -0.05) is 18.5 Å². The number of carbonyl (C=O) groups excluding carboxylic acids is 2. The molecule has 0 fully saturated rings. The van der Waals surface area contributed by atoms with Crippen LogP contribution in [-0.2, 0) is 11.3 Å². The number of ether oxygens (including phenoxy) is 2. The van der Waals surface area contributed by atoms with E-state index in [-0.39, 0.29) is 25.0 Å². The summed E-state index contributed by atoms with van der Waals surface area (Å²) in [5, 5.41) is 2.82. The van der Waals surface area contributed by atoms with Gasteiger partial charge in [0.1, 0.15) is 0 Å². The maximum Gasteiger partial charge on any atom is 0.238 e. The summed E-state index contributed by atoms with van der Waals surface area (Å²) in [4.78, 5) is 27.5. The molecule has 2 aromatic rings. The number of hydrogen-bond donors (Lipinski definition) is 1. The summed E-state index contributed by atoms with van der Waals surface area (Å²) >= 11 is 7.46. The molecule has 0 spiro atoms. The van der Waals surface area contributed by atoms with Crippen molar-refractivity contribution in [1.82, 2.24) is 4.90 Å². The Morgan fingerprint density at radius 3 is 2.62 bits per heavy atom. The number of halogens is 1. The van der Waals surface area contributed by atoms with Crippen LogP contribution in [0.2, 0.25) is 4.34 Å². The number of amides is 1. The smallest absolute Gasteiger partial charge is 0.238 e. The third-order valence-electron chi connectivity index (χ3n) is 3.99. The van der Waals surface area contributed by atoms with Crippen LogP contribution < -0.4 is 14.8 Å². The second-order valence-electron chi connectivity index (χ2n) is 5.86. The fourth-order valence-electron chi connectivity index (χ4n) is 2.67. The highest BCUT2D eigenvalue weighted by Gasteiger charge is 2.21. The van der Waals surface area contributed by atoms with E-state index in [1.165, 1.54) is 18.3 Å². The first-order valence-corrected chi connectivity index (χ1v) is 9.36. The molecule has 0 unspecified atom stereocenters. The molecule has 138 valence electrons. The molecule has 0 radical (unpaired) electrons. The lowest BCUT2D eigenvalue weighted by Crippen LogP contribution is -2.32. The van der Waals surface area contributed by atoms with Gasteiger partial charge < -0.3 is 14.8 Å². The Balaban J connectivity index is 1.69. The third-order valence-corrected chi connectivity index (χ3v) is 5.20. The highest BCUT2D eigenvalue weighted by molar-refractivity contribution is 7.16. The molecule has 3 rings (SSSR count). The fraction of sp³-hybridized carbons (Fsp3) is 0.333. The van der Waals surface area contributed by atoms with Crippen molar-refractivity contribution in [2.24, 2.45) is 0 Å². The van der Waals surface area contributed by atoms with Crippen molar-refractivity contribution in [2.75, 3.05) is 25.2 Å². The van der Waals surface area contributed by atoms with Crippen molar-refractivity contribution >= 4 is 40.3 Å². The second-order valence-corrected chi connectivity index (χ2v) is 7.66. The first kappa shape index (κ1) is 18.7. The lowest BCUT2D eigenvalue weighted by atomic mass is 10.1. The van der Waals surface area contributed by atoms with Gasteiger partial charge >= 0.3 is 0 Å². The van der Waals surface area contributed by atoms with Gasteiger partial charge in [-0.2, -0.15) is 0 Å². The molecule has 0 atom stereocenters. The Labute approximate surface area is 160 Å². The highest BCUT2D eigenvalue weighted by Crippen LogP contribution is 2.37. The van der Waals surface area contributed by atoms with E-state index in [4.69, 9.17) is 21.1 Å². The predicted octanol–water partition coefficient (Wildman–Crippen LogP) is 3.79. The summed E-state index contributed by atoms with van der Waals surface area (Å²) in [6, 6.07) is 7.04. The predicted molar refractivity (Wildman–Crippen MR) is 101 cm³/mol. The summed E-state index contributed by atoms with van der Waals surface area (Å²) in [5.41, 5.74) is 0.831. The summed E-state index contributed by atoms with van der Waals surface area (Å²) in [5.74, 6) is 0.680. The molecular formula is C18H19ClN2O4S. The minimum atomic E-state index is -0.198. The summed E-state index contributed by atoms with van der Waals surface area (Å²) < 4.78 is 11.4. The van der Waals surface area contributed by atoms with Gasteiger partial charge in [-0.25, -0.2) is 0 Å². The average Bonchev–Trinajstić information content (AvgIpc) is 3.21. The first-order chi connectivity index (χ1) is 12.5. The molecular weight excluding hydrogens is 376 g/mol. The van der Waals surface area contributed by atoms with Crippen molar-refractivity contribution in [2.45, 2.75) is 20.4 Å². The summed E-state index contributed by atoms with van der Waals surface area (Å²) in [6.45, 7) is 5.11. The minimum Gasteiger partial charge on any atom is -0.454 e. The summed E-state index contributed by atoms with van der Waals surface area (Å²) in [7, 11) is 0. The summed E-state index contributed by atoms with van der Waals surface area (Å²) in [6.07, 6.45) is 0. The zero-order valence-electron chi connectivity index (χ0n) is 14.5. The Morgan fingerprint density at radius 2 is 2.00 bits per heavy atom. The molecule has 1 N–H and O–H groups in total. The van der Waals surface area contributed by atoms with E-state index in [0.717, 1.165) is 9.21 Å². The van der Waals surface area contributed by atoms with Gasteiger partial charge in [0.05, 0.1) is 16.6 Å². The van der Waals surface area contributed by atoms with E-state index in [9.17, 15) is 9.59 Å². The molecule has 0 aliphatic carbocycles. The minimum absolute atomic E-state index is 0.108. The van der Waals surface area contributed by atoms with Crippen LogP contribution in [0.1, 0.15) is 29.1 Å². The largest absolute Gasteiger partial charge is 0.454 e. The topological polar surface area (TPSA) is 67.9 Å². The van der Waals surface area contributed by atoms with Gasteiger partial charge in [0, 0.05) is 23.1 Å². The number of likely N-dealkylation sites (N-methyl/N-ethyl adjacent to an activating group) is 1. The zero-order chi connectivity index (χ0) is 18.7.